The number of hydrogen-bond acceptors (Lipinski definition) is 2. The third-order valence-electron chi connectivity index (χ3n) is 4.78. The number of carbonyl (C=O) groups excluding carboxylic acids is 1. The molecule has 4 nitrogen and oxygen atoms in total. The standard InChI is InChI=1S/C18H25NO3/c1-12-6-4-5-7-15(12)13(2)10-17(20)19-9-8-16(18(21)22)14(3)11-19/h4-7,13-14,16H,8-11H2,1-3H3,(H,21,22). The number of likely N-dealkylation sites (tertiary alicyclic amines) is 1. The molecular formula is C18H25NO3. The first kappa shape index (κ1) is 16.5. The molecule has 0 aromatic heterocycles. The number of aliphatic carboxylic acids is 1. The van der Waals surface area contributed by atoms with E-state index >= 15 is 0 Å². The number of nitrogens with zero attached hydrogens (tertiary/aromatic N) is 1. The van der Waals surface area contributed by atoms with E-state index in [1.54, 1.807) is 0 Å². The molecule has 2 rings (SSSR count). The molecule has 0 bridgehead atoms. The van der Waals surface area contributed by atoms with E-state index in [0.29, 0.717) is 25.9 Å². The fraction of sp³-hybridized carbons (Fsp3) is 0.556. The Morgan fingerprint density at radius 2 is 2.05 bits per heavy atom. The molecule has 120 valence electrons. The van der Waals surface area contributed by atoms with Crippen molar-refractivity contribution in [1.29, 1.82) is 0 Å². The number of rotatable bonds is 4. The topological polar surface area (TPSA) is 57.6 Å². The lowest BCUT2D eigenvalue weighted by Crippen LogP contribution is -2.45. The average Bonchev–Trinajstić information content (AvgIpc) is 2.46. The predicted molar refractivity (Wildman–Crippen MR) is 85.7 cm³/mol. The lowest BCUT2D eigenvalue weighted by Gasteiger charge is -2.35. The maximum atomic E-state index is 12.5. The van der Waals surface area contributed by atoms with Crippen LogP contribution in [0.4, 0.5) is 0 Å². The maximum absolute atomic E-state index is 12.5. The van der Waals surface area contributed by atoms with Gasteiger partial charge in [0.1, 0.15) is 0 Å². The summed E-state index contributed by atoms with van der Waals surface area (Å²) in [6, 6.07) is 8.15. The molecule has 0 spiro atoms. The highest BCUT2D eigenvalue weighted by molar-refractivity contribution is 5.78. The Morgan fingerprint density at radius 3 is 2.64 bits per heavy atom. The van der Waals surface area contributed by atoms with E-state index < -0.39 is 5.97 Å². The van der Waals surface area contributed by atoms with Gasteiger partial charge in [-0.1, -0.05) is 38.1 Å². The Kier molecular flexibility index (Phi) is 5.22. The zero-order valence-electron chi connectivity index (χ0n) is 13.6. The molecule has 1 heterocycles. The van der Waals surface area contributed by atoms with E-state index in [-0.39, 0.29) is 23.7 Å². The number of hydrogen-bond donors (Lipinski definition) is 1. The minimum atomic E-state index is -0.743. The van der Waals surface area contributed by atoms with E-state index in [1.165, 1.54) is 11.1 Å². The molecule has 1 aliphatic rings. The van der Waals surface area contributed by atoms with Crippen LogP contribution in [-0.2, 0) is 9.59 Å². The third-order valence-corrected chi connectivity index (χ3v) is 4.78. The Labute approximate surface area is 132 Å². The second-order valence-corrected chi connectivity index (χ2v) is 6.51. The van der Waals surface area contributed by atoms with Gasteiger partial charge >= 0.3 is 5.97 Å². The smallest absolute Gasteiger partial charge is 0.306 e. The van der Waals surface area contributed by atoms with Crippen molar-refractivity contribution in [1.82, 2.24) is 4.90 Å². The summed E-state index contributed by atoms with van der Waals surface area (Å²) in [5, 5.41) is 9.15. The van der Waals surface area contributed by atoms with Crippen molar-refractivity contribution < 1.29 is 14.7 Å². The Hall–Kier alpha value is -1.84. The van der Waals surface area contributed by atoms with E-state index in [1.807, 2.05) is 24.0 Å². The number of benzene rings is 1. The van der Waals surface area contributed by atoms with Gasteiger partial charge in [0.25, 0.3) is 0 Å². The van der Waals surface area contributed by atoms with Crippen LogP contribution in [0.15, 0.2) is 24.3 Å². The molecule has 1 aromatic rings. The molecule has 1 saturated heterocycles. The first-order valence-electron chi connectivity index (χ1n) is 7.96. The van der Waals surface area contributed by atoms with Gasteiger partial charge < -0.3 is 10.0 Å². The van der Waals surface area contributed by atoms with Gasteiger partial charge in [0.2, 0.25) is 5.91 Å². The van der Waals surface area contributed by atoms with Gasteiger partial charge in [-0.3, -0.25) is 9.59 Å². The summed E-state index contributed by atoms with van der Waals surface area (Å²) < 4.78 is 0. The van der Waals surface area contributed by atoms with Gasteiger partial charge in [0.15, 0.2) is 0 Å². The Bertz CT molecular complexity index is 555. The van der Waals surface area contributed by atoms with Crippen molar-refractivity contribution in [3.8, 4) is 0 Å². The van der Waals surface area contributed by atoms with Crippen LogP contribution in [0.3, 0.4) is 0 Å². The van der Waals surface area contributed by atoms with E-state index in [4.69, 9.17) is 5.11 Å². The fourth-order valence-corrected chi connectivity index (χ4v) is 3.38. The highest BCUT2D eigenvalue weighted by Gasteiger charge is 2.33. The lowest BCUT2D eigenvalue weighted by molar-refractivity contribution is -0.148. The number of carbonyl (C=O) groups is 2. The van der Waals surface area contributed by atoms with Crippen molar-refractivity contribution >= 4 is 11.9 Å². The normalized spacial score (nSPS) is 23.1. The molecule has 22 heavy (non-hydrogen) atoms. The molecule has 1 fully saturated rings. The van der Waals surface area contributed by atoms with Crippen molar-refractivity contribution in [2.75, 3.05) is 13.1 Å². The van der Waals surface area contributed by atoms with Gasteiger partial charge in [-0.25, -0.2) is 0 Å². The summed E-state index contributed by atoms with van der Waals surface area (Å²) in [6.45, 7) is 7.17. The van der Waals surface area contributed by atoms with Gasteiger partial charge in [-0.05, 0) is 36.3 Å². The molecule has 0 aliphatic carbocycles. The summed E-state index contributed by atoms with van der Waals surface area (Å²) in [6.07, 6.45) is 1.04. The van der Waals surface area contributed by atoms with Crippen LogP contribution >= 0.6 is 0 Å². The zero-order valence-corrected chi connectivity index (χ0v) is 13.6. The summed E-state index contributed by atoms with van der Waals surface area (Å²) in [5.74, 6) is -0.734. The first-order valence-corrected chi connectivity index (χ1v) is 7.96. The van der Waals surface area contributed by atoms with Crippen LogP contribution in [0.1, 0.15) is 43.7 Å². The second-order valence-electron chi connectivity index (χ2n) is 6.51. The first-order chi connectivity index (χ1) is 10.4. The van der Waals surface area contributed by atoms with Crippen LogP contribution in [-0.4, -0.2) is 35.0 Å². The SMILES string of the molecule is Cc1ccccc1C(C)CC(=O)N1CCC(C(=O)O)C(C)C1. The van der Waals surface area contributed by atoms with Gasteiger partial charge in [0, 0.05) is 19.5 Å². The molecular weight excluding hydrogens is 278 g/mol. The van der Waals surface area contributed by atoms with Crippen LogP contribution in [0, 0.1) is 18.8 Å². The summed E-state index contributed by atoms with van der Waals surface area (Å²) in [4.78, 5) is 25.5. The lowest BCUT2D eigenvalue weighted by atomic mass is 9.86. The van der Waals surface area contributed by atoms with E-state index in [2.05, 4.69) is 26.0 Å². The van der Waals surface area contributed by atoms with Crippen molar-refractivity contribution in [2.24, 2.45) is 11.8 Å². The molecule has 1 aromatic carbocycles. The largest absolute Gasteiger partial charge is 0.481 e. The predicted octanol–water partition coefficient (Wildman–Crippen LogP) is 3.06. The number of carboxylic acid groups (broad SMARTS) is 1. The monoisotopic (exact) mass is 303 g/mol. The van der Waals surface area contributed by atoms with Crippen molar-refractivity contribution in [3.63, 3.8) is 0 Å². The van der Waals surface area contributed by atoms with Crippen LogP contribution < -0.4 is 0 Å². The molecule has 4 heteroatoms. The summed E-state index contributed by atoms with van der Waals surface area (Å²) in [5.41, 5.74) is 2.42. The van der Waals surface area contributed by atoms with E-state index in [0.717, 1.165) is 0 Å². The number of aryl methyl sites for hydroxylation is 1. The minimum absolute atomic E-state index is 0.0176. The number of amides is 1. The van der Waals surface area contributed by atoms with Crippen LogP contribution in [0.25, 0.3) is 0 Å². The number of piperidine rings is 1. The summed E-state index contributed by atoms with van der Waals surface area (Å²) >= 11 is 0. The van der Waals surface area contributed by atoms with Gasteiger partial charge in [-0.2, -0.15) is 0 Å². The zero-order chi connectivity index (χ0) is 16.3. The minimum Gasteiger partial charge on any atom is -0.481 e. The molecule has 3 atom stereocenters. The molecule has 1 N–H and O–H groups in total. The quantitative estimate of drug-likeness (QED) is 0.930. The Balaban J connectivity index is 1.96. The van der Waals surface area contributed by atoms with Crippen molar-refractivity contribution in [2.45, 2.75) is 39.5 Å². The Morgan fingerprint density at radius 1 is 1.36 bits per heavy atom. The van der Waals surface area contributed by atoms with Crippen LogP contribution in [0.5, 0.6) is 0 Å². The van der Waals surface area contributed by atoms with Crippen molar-refractivity contribution in [3.05, 3.63) is 35.4 Å². The number of carboxylic acids is 1. The highest BCUT2D eigenvalue weighted by Crippen LogP contribution is 2.27. The molecule has 0 radical (unpaired) electrons. The van der Waals surface area contributed by atoms with Gasteiger partial charge in [0.05, 0.1) is 5.92 Å². The highest BCUT2D eigenvalue weighted by atomic mass is 16.4. The van der Waals surface area contributed by atoms with E-state index in [9.17, 15) is 9.59 Å². The molecule has 0 saturated carbocycles. The van der Waals surface area contributed by atoms with Gasteiger partial charge in [-0.15, -0.1) is 0 Å². The molecule has 1 amide bonds. The molecule has 3 unspecified atom stereocenters. The fourth-order valence-electron chi connectivity index (χ4n) is 3.38. The maximum Gasteiger partial charge on any atom is 0.306 e. The summed E-state index contributed by atoms with van der Waals surface area (Å²) in [7, 11) is 0. The average molecular weight is 303 g/mol. The van der Waals surface area contributed by atoms with Crippen LogP contribution in [0.2, 0.25) is 0 Å². The second kappa shape index (κ2) is 6.95. The third kappa shape index (κ3) is 3.67. The molecule has 1 aliphatic heterocycles.